The smallest absolute Gasteiger partial charge is 0.244 e. The number of hydrogen-bond donors (Lipinski definition) is 1. The number of benzene rings is 1. The molecular formula is C25H41N4O3P. The van der Waals surface area contributed by atoms with Crippen LogP contribution in [0.1, 0.15) is 57.1 Å². The van der Waals surface area contributed by atoms with Crippen molar-refractivity contribution in [3.63, 3.8) is 0 Å². The Kier molecular flexibility index (Phi) is 8.94. The lowest BCUT2D eigenvalue weighted by Crippen LogP contribution is -2.55. The van der Waals surface area contributed by atoms with Crippen molar-refractivity contribution >= 4 is 26.1 Å². The second-order valence-electron chi connectivity index (χ2n) is 9.04. The highest BCUT2D eigenvalue weighted by Crippen LogP contribution is 2.28. The molecule has 8 heteroatoms. The SMILES string of the molecule is CC.COc1cc(N2CCN(C(=O)Cn3nc(C(C)(C)O)c(C)c3C)C(C)C2)c(P)cc1C. The molecule has 1 aliphatic heterocycles. The molecule has 1 aromatic heterocycles. The average Bonchev–Trinajstić information content (AvgIpc) is 3.04. The molecule has 0 spiro atoms. The van der Waals surface area contributed by atoms with E-state index >= 15 is 0 Å². The summed E-state index contributed by atoms with van der Waals surface area (Å²) in [5.74, 6) is 0.923. The minimum absolute atomic E-state index is 0.0487. The third-order valence-corrected chi connectivity index (χ3v) is 6.67. The van der Waals surface area contributed by atoms with Gasteiger partial charge in [-0.15, -0.1) is 9.24 Å². The molecule has 1 amide bonds. The third-order valence-electron chi connectivity index (χ3n) is 6.20. The maximum absolute atomic E-state index is 13.1. The van der Waals surface area contributed by atoms with E-state index in [9.17, 15) is 9.90 Å². The van der Waals surface area contributed by atoms with Gasteiger partial charge >= 0.3 is 0 Å². The average molecular weight is 477 g/mol. The van der Waals surface area contributed by atoms with Gasteiger partial charge in [0.15, 0.2) is 0 Å². The van der Waals surface area contributed by atoms with Crippen LogP contribution in [0.25, 0.3) is 0 Å². The highest BCUT2D eigenvalue weighted by molar-refractivity contribution is 7.28. The molecule has 0 bridgehead atoms. The van der Waals surface area contributed by atoms with E-state index in [1.165, 1.54) is 0 Å². The van der Waals surface area contributed by atoms with Crippen LogP contribution in [0, 0.1) is 20.8 Å². The summed E-state index contributed by atoms with van der Waals surface area (Å²) in [5, 5.41) is 16.0. The standard InChI is InChI=1S/C23H35N4O3P.C2H6/c1-14-10-20(31)18(11-19(14)30-7)25-8-9-26(15(2)12-25)21(28)13-27-17(4)16(3)22(24-27)23(5,6)29;1-2/h10-11,15,29H,8-9,12-13,31H2,1-7H3;1-2H3. The van der Waals surface area contributed by atoms with Crippen LogP contribution in [0.5, 0.6) is 5.75 Å². The lowest BCUT2D eigenvalue weighted by Gasteiger charge is -2.41. The quantitative estimate of drug-likeness (QED) is 0.671. The number of carbonyl (C=O) groups is 1. The predicted molar refractivity (Wildman–Crippen MR) is 139 cm³/mol. The molecule has 1 saturated heterocycles. The van der Waals surface area contributed by atoms with Crippen molar-refractivity contribution in [2.24, 2.45) is 0 Å². The van der Waals surface area contributed by atoms with Gasteiger partial charge < -0.3 is 19.6 Å². The molecule has 2 unspecified atom stereocenters. The van der Waals surface area contributed by atoms with Crippen LogP contribution in [0.15, 0.2) is 12.1 Å². The molecule has 1 aromatic carbocycles. The maximum Gasteiger partial charge on any atom is 0.244 e. The van der Waals surface area contributed by atoms with Gasteiger partial charge in [-0.05, 0) is 64.0 Å². The first-order valence-electron chi connectivity index (χ1n) is 11.7. The summed E-state index contributed by atoms with van der Waals surface area (Å²) in [6.45, 7) is 17.8. The van der Waals surface area contributed by atoms with E-state index < -0.39 is 5.60 Å². The van der Waals surface area contributed by atoms with Gasteiger partial charge in [0, 0.05) is 43.1 Å². The van der Waals surface area contributed by atoms with Gasteiger partial charge in [-0.25, -0.2) is 0 Å². The second-order valence-corrected chi connectivity index (χ2v) is 9.66. The Hall–Kier alpha value is -2.11. The van der Waals surface area contributed by atoms with Crippen LogP contribution < -0.4 is 14.9 Å². The fourth-order valence-corrected chi connectivity index (χ4v) is 4.85. The van der Waals surface area contributed by atoms with Gasteiger partial charge in [-0.1, -0.05) is 13.8 Å². The number of aliphatic hydroxyl groups is 1. The highest BCUT2D eigenvalue weighted by Gasteiger charge is 2.30. The Bertz CT molecular complexity index is 981. The van der Waals surface area contributed by atoms with E-state index in [0.717, 1.165) is 46.7 Å². The minimum Gasteiger partial charge on any atom is -0.496 e. The molecule has 0 radical (unpaired) electrons. The molecule has 7 nitrogen and oxygen atoms in total. The lowest BCUT2D eigenvalue weighted by molar-refractivity contribution is -0.134. The number of rotatable bonds is 5. The number of hydrogen-bond acceptors (Lipinski definition) is 5. The zero-order chi connectivity index (χ0) is 25.1. The topological polar surface area (TPSA) is 70.8 Å². The zero-order valence-corrected chi connectivity index (χ0v) is 22.8. The Balaban J connectivity index is 0.00000187. The minimum atomic E-state index is -1.03. The third kappa shape index (κ3) is 5.88. The summed E-state index contributed by atoms with van der Waals surface area (Å²) in [7, 11) is 4.50. The Morgan fingerprint density at radius 1 is 1.24 bits per heavy atom. The van der Waals surface area contributed by atoms with E-state index in [4.69, 9.17) is 4.74 Å². The molecule has 184 valence electrons. The van der Waals surface area contributed by atoms with Crippen LogP contribution in [0.4, 0.5) is 5.69 Å². The molecule has 2 heterocycles. The number of piperazine rings is 1. The summed E-state index contributed by atoms with van der Waals surface area (Å²) >= 11 is 0. The molecular weight excluding hydrogens is 435 g/mol. The van der Waals surface area contributed by atoms with Crippen molar-refractivity contribution in [1.82, 2.24) is 14.7 Å². The highest BCUT2D eigenvalue weighted by atomic mass is 31.0. The number of aryl methyl sites for hydroxylation is 1. The van der Waals surface area contributed by atoms with Crippen molar-refractivity contribution in [3.05, 3.63) is 34.6 Å². The van der Waals surface area contributed by atoms with E-state index in [-0.39, 0.29) is 18.5 Å². The Morgan fingerprint density at radius 3 is 2.39 bits per heavy atom. The molecule has 0 aliphatic carbocycles. The summed E-state index contributed by atoms with van der Waals surface area (Å²) < 4.78 is 7.22. The predicted octanol–water partition coefficient (Wildman–Crippen LogP) is 3.31. The number of nitrogens with zero attached hydrogens (tertiary/aromatic N) is 4. The van der Waals surface area contributed by atoms with E-state index in [2.05, 4.69) is 38.3 Å². The number of ether oxygens (including phenoxy) is 1. The van der Waals surface area contributed by atoms with Gasteiger partial charge in [0.1, 0.15) is 17.9 Å². The first-order valence-corrected chi connectivity index (χ1v) is 12.3. The summed E-state index contributed by atoms with van der Waals surface area (Å²) in [6.07, 6.45) is 0. The normalized spacial score (nSPS) is 16.4. The van der Waals surface area contributed by atoms with Crippen molar-refractivity contribution in [2.75, 3.05) is 31.6 Å². The number of methoxy groups -OCH3 is 1. The van der Waals surface area contributed by atoms with Crippen molar-refractivity contribution < 1.29 is 14.6 Å². The van der Waals surface area contributed by atoms with Crippen LogP contribution in [-0.2, 0) is 16.9 Å². The largest absolute Gasteiger partial charge is 0.496 e. The number of carbonyl (C=O) groups excluding carboxylic acids is 1. The number of anilines is 1. The maximum atomic E-state index is 13.1. The first-order chi connectivity index (χ1) is 15.4. The van der Waals surface area contributed by atoms with Crippen LogP contribution in [-0.4, -0.2) is 58.5 Å². The van der Waals surface area contributed by atoms with Gasteiger partial charge in [0.2, 0.25) is 5.91 Å². The number of amides is 1. The van der Waals surface area contributed by atoms with Gasteiger partial charge in [-0.3, -0.25) is 9.48 Å². The zero-order valence-electron chi connectivity index (χ0n) is 21.7. The summed E-state index contributed by atoms with van der Waals surface area (Å²) in [4.78, 5) is 17.4. The summed E-state index contributed by atoms with van der Waals surface area (Å²) in [6, 6.07) is 4.27. The van der Waals surface area contributed by atoms with Crippen molar-refractivity contribution in [1.29, 1.82) is 0 Å². The van der Waals surface area contributed by atoms with Crippen LogP contribution in [0.2, 0.25) is 0 Å². The van der Waals surface area contributed by atoms with Crippen LogP contribution >= 0.6 is 9.24 Å². The summed E-state index contributed by atoms with van der Waals surface area (Å²) in [5.41, 5.74) is 3.66. The van der Waals surface area contributed by atoms with Crippen LogP contribution in [0.3, 0.4) is 0 Å². The molecule has 1 aliphatic rings. The lowest BCUT2D eigenvalue weighted by atomic mass is 10.0. The van der Waals surface area contributed by atoms with Crippen molar-refractivity contribution in [2.45, 2.75) is 73.6 Å². The van der Waals surface area contributed by atoms with E-state index in [1.54, 1.807) is 25.6 Å². The van der Waals surface area contributed by atoms with Gasteiger partial charge in [0.05, 0.1) is 12.8 Å². The molecule has 33 heavy (non-hydrogen) atoms. The van der Waals surface area contributed by atoms with E-state index in [0.29, 0.717) is 12.2 Å². The fourth-order valence-electron chi connectivity index (χ4n) is 4.33. The van der Waals surface area contributed by atoms with E-state index in [1.807, 2.05) is 39.5 Å². The molecule has 0 saturated carbocycles. The van der Waals surface area contributed by atoms with Gasteiger partial charge in [-0.2, -0.15) is 5.10 Å². The molecule has 2 atom stereocenters. The number of aromatic nitrogens is 2. The second kappa shape index (κ2) is 10.9. The monoisotopic (exact) mass is 476 g/mol. The van der Waals surface area contributed by atoms with Gasteiger partial charge in [0.25, 0.3) is 0 Å². The first kappa shape index (κ1) is 27.1. The Morgan fingerprint density at radius 2 is 1.88 bits per heavy atom. The molecule has 1 N–H and O–H groups in total. The molecule has 3 rings (SSSR count). The Labute approximate surface area is 201 Å². The molecule has 1 fully saturated rings. The fraction of sp³-hybridized carbons (Fsp3) is 0.600. The van der Waals surface area contributed by atoms with Crippen molar-refractivity contribution in [3.8, 4) is 5.75 Å². The molecule has 2 aromatic rings.